The molecule has 0 bridgehead atoms. The van der Waals surface area contributed by atoms with Crippen LogP contribution < -0.4 is 11.1 Å². The zero-order valence-corrected chi connectivity index (χ0v) is 10.9. The highest BCUT2D eigenvalue weighted by atomic mass is 16.1. The van der Waals surface area contributed by atoms with E-state index in [4.69, 9.17) is 5.73 Å². The smallest absolute Gasteiger partial charge is 0.237 e. The van der Waals surface area contributed by atoms with Crippen LogP contribution in [0.25, 0.3) is 0 Å². The van der Waals surface area contributed by atoms with Gasteiger partial charge in [0.2, 0.25) is 5.91 Å². The predicted octanol–water partition coefficient (Wildman–Crippen LogP) is 2.38. The molecule has 17 heavy (non-hydrogen) atoms. The summed E-state index contributed by atoms with van der Waals surface area (Å²) in [6.07, 6.45) is 2.04. The van der Waals surface area contributed by atoms with Gasteiger partial charge in [-0.05, 0) is 25.8 Å². The van der Waals surface area contributed by atoms with Gasteiger partial charge in [-0.15, -0.1) is 0 Å². The molecule has 1 atom stereocenters. The average Bonchev–Trinajstić information content (AvgIpc) is 2.29. The summed E-state index contributed by atoms with van der Waals surface area (Å²) in [4.78, 5) is 11.4. The number of carbonyl (C=O) groups is 1. The van der Waals surface area contributed by atoms with Crippen LogP contribution in [0.15, 0.2) is 30.3 Å². The van der Waals surface area contributed by atoms with Crippen LogP contribution in [0.4, 0.5) is 0 Å². The first-order valence-corrected chi connectivity index (χ1v) is 6.10. The summed E-state index contributed by atoms with van der Waals surface area (Å²) >= 11 is 0. The number of nitrogens with two attached hydrogens (primary N) is 1. The molecule has 0 fully saturated rings. The molecule has 0 heterocycles. The van der Waals surface area contributed by atoms with Crippen molar-refractivity contribution in [3.63, 3.8) is 0 Å². The second kappa shape index (κ2) is 5.82. The lowest BCUT2D eigenvalue weighted by Crippen LogP contribution is -2.51. The molecular weight excluding hydrogens is 212 g/mol. The topological polar surface area (TPSA) is 55.1 Å². The molecule has 0 saturated heterocycles. The predicted molar refractivity (Wildman–Crippen MR) is 70.5 cm³/mol. The third-order valence-electron chi connectivity index (χ3n) is 2.93. The van der Waals surface area contributed by atoms with Crippen molar-refractivity contribution >= 4 is 5.91 Å². The second-order valence-electron chi connectivity index (χ2n) is 4.89. The van der Waals surface area contributed by atoms with Crippen LogP contribution in [0, 0.1) is 0 Å². The number of hydrogen-bond acceptors (Lipinski definition) is 2. The highest BCUT2D eigenvalue weighted by molar-refractivity contribution is 5.83. The quantitative estimate of drug-likeness (QED) is 0.794. The Kier molecular flexibility index (Phi) is 4.70. The van der Waals surface area contributed by atoms with Crippen molar-refractivity contribution < 1.29 is 4.79 Å². The Morgan fingerprint density at radius 3 is 2.41 bits per heavy atom. The number of hydrogen-bond donors (Lipinski definition) is 2. The van der Waals surface area contributed by atoms with E-state index in [1.807, 2.05) is 32.0 Å². The van der Waals surface area contributed by atoms with Gasteiger partial charge in [-0.1, -0.05) is 43.7 Å². The number of nitrogens with one attached hydrogen (secondary N) is 1. The van der Waals surface area contributed by atoms with Crippen LogP contribution in [-0.4, -0.2) is 11.4 Å². The van der Waals surface area contributed by atoms with Crippen molar-refractivity contribution in [2.45, 2.75) is 45.2 Å². The normalized spacial score (nSPS) is 13.4. The van der Waals surface area contributed by atoms with E-state index < -0.39 is 5.54 Å². The summed E-state index contributed by atoms with van der Waals surface area (Å²) in [6, 6.07) is 10.3. The Bertz CT molecular complexity index is 360. The van der Waals surface area contributed by atoms with Crippen molar-refractivity contribution in [2.75, 3.05) is 0 Å². The second-order valence-corrected chi connectivity index (χ2v) is 4.89. The van der Waals surface area contributed by atoms with Crippen molar-refractivity contribution in [3.05, 3.63) is 35.9 Å². The van der Waals surface area contributed by atoms with Crippen molar-refractivity contribution in [3.8, 4) is 0 Å². The zero-order chi connectivity index (χ0) is 12.9. The van der Waals surface area contributed by atoms with Gasteiger partial charge in [0.25, 0.3) is 0 Å². The molecule has 0 aliphatic carbocycles. The first-order valence-electron chi connectivity index (χ1n) is 6.10. The first kappa shape index (κ1) is 13.7. The van der Waals surface area contributed by atoms with Crippen LogP contribution in [0.3, 0.4) is 0 Å². The van der Waals surface area contributed by atoms with E-state index in [1.54, 1.807) is 0 Å². The van der Waals surface area contributed by atoms with Crippen molar-refractivity contribution in [1.82, 2.24) is 5.32 Å². The lowest BCUT2D eigenvalue weighted by Gasteiger charge is -2.29. The Morgan fingerprint density at radius 1 is 1.35 bits per heavy atom. The first-order chi connectivity index (χ1) is 7.97. The molecule has 0 saturated carbocycles. The van der Waals surface area contributed by atoms with E-state index >= 15 is 0 Å². The molecule has 0 aromatic heterocycles. The van der Waals surface area contributed by atoms with Gasteiger partial charge >= 0.3 is 0 Å². The largest absolute Gasteiger partial charge is 0.368 e. The highest BCUT2D eigenvalue weighted by Gasteiger charge is 2.27. The highest BCUT2D eigenvalue weighted by Crippen LogP contribution is 2.21. The minimum Gasteiger partial charge on any atom is -0.368 e. The van der Waals surface area contributed by atoms with Gasteiger partial charge in [0.1, 0.15) is 0 Å². The maximum absolute atomic E-state index is 11.4. The van der Waals surface area contributed by atoms with E-state index in [9.17, 15) is 4.79 Å². The van der Waals surface area contributed by atoms with Gasteiger partial charge in [-0.3, -0.25) is 10.1 Å². The fourth-order valence-corrected chi connectivity index (χ4v) is 1.80. The molecule has 0 aliphatic rings. The molecule has 0 spiro atoms. The number of amides is 1. The SMILES string of the molecule is CCCC(NC(C)(C)C(N)=O)c1ccccc1. The molecule has 0 radical (unpaired) electrons. The van der Waals surface area contributed by atoms with Crippen molar-refractivity contribution in [1.29, 1.82) is 0 Å². The Balaban J connectivity index is 2.84. The number of primary amides is 1. The Morgan fingerprint density at radius 2 is 1.94 bits per heavy atom. The number of benzene rings is 1. The molecule has 3 N–H and O–H groups in total. The van der Waals surface area contributed by atoms with Crippen LogP contribution >= 0.6 is 0 Å². The minimum atomic E-state index is -0.685. The summed E-state index contributed by atoms with van der Waals surface area (Å²) in [5.74, 6) is -0.325. The molecule has 0 aliphatic heterocycles. The minimum absolute atomic E-state index is 0.170. The van der Waals surface area contributed by atoms with Gasteiger partial charge < -0.3 is 5.73 Å². The van der Waals surface area contributed by atoms with E-state index in [-0.39, 0.29) is 11.9 Å². The van der Waals surface area contributed by atoms with Gasteiger partial charge in [0.05, 0.1) is 5.54 Å². The molecule has 1 aromatic carbocycles. The standard InChI is InChI=1S/C14H22N2O/c1-4-8-12(11-9-6-5-7-10-11)16-14(2,3)13(15)17/h5-7,9-10,12,16H,4,8H2,1-3H3,(H2,15,17). The summed E-state index contributed by atoms with van der Waals surface area (Å²) < 4.78 is 0. The zero-order valence-electron chi connectivity index (χ0n) is 10.9. The summed E-state index contributed by atoms with van der Waals surface area (Å²) in [5, 5.41) is 3.34. The van der Waals surface area contributed by atoms with Gasteiger partial charge in [0, 0.05) is 6.04 Å². The summed E-state index contributed by atoms with van der Waals surface area (Å²) in [5.41, 5.74) is 5.90. The maximum atomic E-state index is 11.4. The molecule has 1 amide bonds. The number of rotatable bonds is 6. The lowest BCUT2D eigenvalue weighted by atomic mass is 9.96. The third-order valence-corrected chi connectivity index (χ3v) is 2.93. The molecule has 3 nitrogen and oxygen atoms in total. The van der Waals surface area contributed by atoms with Crippen LogP contribution in [0.5, 0.6) is 0 Å². The lowest BCUT2D eigenvalue weighted by molar-refractivity contribution is -0.123. The molecule has 1 rings (SSSR count). The van der Waals surface area contributed by atoms with Gasteiger partial charge in [0.15, 0.2) is 0 Å². The summed E-state index contributed by atoms with van der Waals surface area (Å²) in [7, 11) is 0. The van der Waals surface area contributed by atoms with E-state index in [1.165, 1.54) is 5.56 Å². The molecule has 1 aromatic rings. The van der Waals surface area contributed by atoms with E-state index in [0.717, 1.165) is 12.8 Å². The van der Waals surface area contributed by atoms with E-state index in [0.29, 0.717) is 0 Å². The van der Waals surface area contributed by atoms with Gasteiger partial charge in [-0.2, -0.15) is 0 Å². The van der Waals surface area contributed by atoms with Crippen LogP contribution in [0.2, 0.25) is 0 Å². The molecular formula is C14H22N2O. The number of carbonyl (C=O) groups excluding carboxylic acids is 1. The molecule has 94 valence electrons. The Labute approximate surface area is 103 Å². The van der Waals surface area contributed by atoms with Crippen molar-refractivity contribution in [2.24, 2.45) is 5.73 Å². The molecule has 3 heteroatoms. The van der Waals surface area contributed by atoms with Crippen LogP contribution in [0.1, 0.15) is 45.2 Å². The Hall–Kier alpha value is -1.35. The van der Waals surface area contributed by atoms with E-state index in [2.05, 4.69) is 24.4 Å². The maximum Gasteiger partial charge on any atom is 0.237 e. The van der Waals surface area contributed by atoms with Gasteiger partial charge in [-0.25, -0.2) is 0 Å². The van der Waals surface area contributed by atoms with Crippen LogP contribution in [-0.2, 0) is 4.79 Å². The molecule has 1 unspecified atom stereocenters. The average molecular weight is 234 g/mol. The monoisotopic (exact) mass is 234 g/mol. The third kappa shape index (κ3) is 3.86. The summed E-state index contributed by atoms with van der Waals surface area (Å²) in [6.45, 7) is 5.77. The fourth-order valence-electron chi connectivity index (χ4n) is 1.80. The fraction of sp³-hybridized carbons (Fsp3) is 0.500.